The van der Waals surface area contributed by atoms with Crippen molar-refractivity contribution in [1.29, 1.82) is 0 Å². The lowest BCUT2D eigenvalue weighted by Crippen LogP contribution is -2.05. The van der Waals surface area contributed by atoms with Gasteiger partial charge in [0.2, 0.25) is 0 Å². The Kier molecular flexibility index (Phi) is 5.21. The van der Waals surface area contributed by atoms with Gasteiger partial charge in [0.25, 0.3) is 0 Å². The molecular formula is C6H12NO2. The van der Waals surface area contributed by atoms with E-state index in [1.165, 1.54) is 0 Å². The monoisotopic (exact) mass is 130 g/mol. The second-order valence-corrected chi connectivity index (χ2v) is 1.68. The highest BCUT2D eigenvalue weighted by molar-refractivity contribution is 5.68. The summed E-state index contributed by atoms with van der Waals surface area (Å²) in [5, 5.41) is 0. The summed E-state index contributed by atoms with van der Waals surface area (Å²) in [6.45, 7) is 2.48. The molecule has 3 heteroatoms. The van der Waals surface area contributed by atoms with Gasteiger partial charge in [-0.1, -0.05) is 6.92 Å². The summed E-state index contributed by atoms with van der Waals surface area (Å²) in [7, 11) is 0. The molecule has 0 heterocycles. The van der Waals surface area contributed by atoms with E-state index in [0.29, 0.717) is 26.0 Å². The van der Waals surface area contributed by atoms with E-state index >= 15 is 0 Å². The van der Waals surface area contributed by atoms with Crippen molar-refractivity contribution in [3.05, 3.63) is 0 Å². The molecule has 0 rings (SSSR count). The van der Waals surface area contributed by atoms with Crippen molar-refractivity contribution in [3.8, 4) is 0 Å². The molecule has 0 amide bonds. The van der Waals surface area contributed by atoms with E-state index in [2.05, 4.69) is 4.74 Å². The fourth-order valence-corrected chi connectivity index (χ4v) is 0.360. The molecule has 0 aliphatic carbocycles. The minimum Gasteiger partial charge on any atom is -0.466 e. The minimum atomic E-state index is -0.177. The lowest BCUT2D eigenvalue weighted by atomic mass is 10.4. The Morgan fingerprint density at radius 2 is 2.33 bits per heavy atom. The summed E-state index contributed by atoms with van der Waals surface area (Å²) < 4.78 is 4.67. The quantitative estimate of drug-likeness (QED) is 0.413. The third kappa shape index (κ3) is 5.30. The molecule has 0 spiro atoms. The Bertz CT molecular complexity index is 83.1. The van der Waals surface area contributed by atoms with Gasteiger partial charge >= 0.3 is 5.97 Å². The maximum atomic E-state index is 10.4. The predicted octanol–water partition coefficient (Wildman–Crippen LogP) is 0.613. The van der Waals surface area contributed by atoms with Gasteiger partial charge in [0.1, 0.15) is 0 Å². The van der Waals surface area contributed by atoms with Crippen LogP contribution in [0.1, 0.15) is 19.8 Å². The number of carbonyl (C=O) groups excluding carboxylic acids is 1. The molecule has 0 saturated carbocycles. The van der Waals surface area contributed by atoms with E-state index in [1.807, 2.05) is 0 Å². The first-order valence-electron chi connectivity index (χ1n) is 3.11. The van der Waals surface area contributed by atoms with Crippen molar-refractivity contribution in [3.63, 3.8) is 0 Å². The van der Waals surface area contributed by atoms with Crippen molar-refractivity contribution >= 4 is 5.97 Å². The van der Waals surface area contributed by atoms with E-state index in [1.54, 1.807) is 6.92 Å². The first kappa shape index (κ1) is 8.43. The van der Waals surface area contributed by atoms with Crippen molar-refractivity contribution in [1.82, 2.24) is 5.73 Å². The molecule has 1 N–H and O–H groups in total. The zero-order valence-electron chi connectivity index (χ0n) is 5.64. The van der Waals surface area contributed by atoms with Gasteiger partial charge in [-0.05, 0) is 6.42 Å². The molecule has 0 saturated heterocycles. The summed E-state index contributed by atoms with van der Waals surface area (Å²) in [5.74, 6) is -0.177. The van der Waals surface area contributed by atoms with Crippen molar-refractivity contribution in [2.45, 2.75) is 19.8 Å². The summed E-state index contributed by atoms with van der Waals surface area (Å²) in [4.78, 5) is 10.4. The SMILES string of the molecule is CCC(=O)OCCC[NH]. The molecule has 53 valence electrons. The van der Waals surface area contributed by atoms with Crippen LogP contribution in [0.5, 0.6) is 0 Å². The molecule has 0 aromatic carbocycles. The molecule has 1 radical (unpaired) electrons. The molecule has 0 unspecified atom stereocenters. The predicted molar refractivity (Wildman–Crippen MR) is 33.8 cm³/mol. The van der Waals surface area contributed by atoms with E-state index in [4.69, 9.17) is 5.73 Å². The molecule has 0 aliphatic heterocycles. The van der Waals surface area contributed by atoms with Crippen LogP contribution in [0.4, 0.5) is 0 Å². The Hall–Kier alpha value is -0.570. The number of carbonyl (C=O) groups is 1. The lowest BCUT2D eigenvalue weighted by molar-refractivity contribution is -0.143. The van der Waals surface area contributed by atoms with Gasteiger partial charge in [-0.2, -0.15) is 0 Å². The first-order chi connectivity index (χ1) is 4.31. The zero-order chi connectivity index (χ0) is 7.11. The van der Waals surface area contributed by atoms with E-state index in [9.17, 15) is 4.79 Å². The standard InChI is InChI=1S/C6H12NO2/c1-2-6(8)9-5-3-4-7/h7H,2-5H2,1H3. The molecule has 9 heavy (non-hydrogen) atoms. The average molecular weight is 130 g/mol. The molecule has 0 atom stereocenters. The van der Waals surface area contributed by atoms with Crippen LogP contribution in [0.25, 0.3) is 0 Å². The molecule has 0 aliphatic rings. The summed E-state index contributed by atoms with van der Waals surface area (Å²) >= 11 is 0. The Balaban J connectivity index is 2.97. The van der Waals surface area contributed by atoms with E-state index in [0.717, 1.165) is 0 Å². The van der Waals surface area contributed by atoms with Gasteiger partial charge in [-0.3, -0.25) is 10.5 Å². The smallest absolute Gasteiger partial charge is 0.305 e. The number of hydrogen-bond acceptors (Lipinski definition) is 2. The highest BCUT2D eigenvalue weighted by Crippen LogP contribution is 1.85. The summed E-state index contributed by atoms with van der Waals surface area (Å²) in [6.07, 6.45) is 1.07. The van der Waals surface area contributed by atoms with Crippen LogP contribution in [0, 0.1) is 0 Å². The Morgan fingerprint density at radius 3 is 2.78 bits per heavy atom. The number of rotatable bonds is 4. The van der Waals surface area contributed by atoms with Crippen LogP contribution in [0.3, 0.4) is 0 Å². The average Bonchev–Trinajstić information content (AvgIpc) is 1.89. The van der Waals surface area contributed by atoms with Crippen LogP contribution >= 0.6 is 0 Å². The van der Waals surface area contributed by atoms with Crippen molar-refractivity contribution in [2.24, 2.45) is 0 Å². The number of hydrogen-bond donors (Lipinski definition) is 0. The number of nitrogens with one attached hydrogen (secondary N) is 1. The van der Waals surface area contributed by atoms with E-state index < -0.39 is 0 Å². The van der Waals surface area contributed by atoms with Crippen LogP contribution in [-0.4, -0.2) is 19.1 Å². The topological polar surface area (TPSA) is 50.1 Å². The number of esters is 1. The zero-order valence-corrected chi connectivity index (χ0v) is 5.64. The largest absolute Gasteiger partial charge is 0.466 e. The molecule has 0 bridgehead atoms. The van der Waals surface area contributed by atoms with Crippen LogP contribution in [0.15, 0.2) is 0 Å². The third-order valence-electron chi connectivity index (χ3n) is 0.873. The molecular weight excluding hydrogens is 118 g/mol. The van der Waals surface area contributed by atoms with Crippen LogP contribution < -0.4 is 5.73 Å². The van der Waals surface area contributed by atoms with Crippen LogP contribution in [0.2, 0.25) is 0 Å². The lowest BCUT2D eigenvalue weighted by Gasteiger charge is -1.98. The van der Waals surface area contributed by atoms with Gasteiger partial charge in [0.05, 0.1) is 6.61 Å². The van der Waals surface area contributed by atoms with E-state index in [-0.39, 0.29) is 5.97 Å². The van der Waals surface area contributed by atoms with Gasteiger partial charge in [0.15, 0.2) is 0 Å². The summed E-state index contributed by atoms with van der Waals surface area (Å²) in [5.41, 5.74) is 6.71. The maximum Gasteiger partial charge on any atom is 0.305 e. The summed E-state index contributed by atoms with van der Waals surface area (Å²) in [6, 6.07) is 0. The van der Waals surface area contributed by atoms with Crippen LogP contribution in [-0.2, 0) is 9.53 Å². The second kappa shape index (κ2) is 5.56. The van der Waals surface area contributed by atoms with Gasteiger partial charge in [-0.25, -0.2) is 0 Å². The molecule has 3 nitrogen and oxygen atoms in total. The Morgan fingerprint density at radius 1 is 1.67 bits per heavy atom. The van der Waals surface area contributed by atoms with Crippen molar-refractivity contribution in [2.75, 3.05) is 13.2 Å². The van der Waals surface area contributed by atoms with Crippen molar-refractivity contribution < 1.29 is 9.53 Å². The highest BCUT2D eigenvalue weighted by atomic mass is 16.5. The molecule has 0 aromatic heterocycles. The third-order valence-corrected chi connectivity index (χ3v) is 0.873. The number of ether oxygens (including phenoxy) is 1. The molecule has 0 aromatic rings. The highest BCUT2D eigenvalue weighted by Gasteiger charge is 1.94. The maximum absolute atomic E-state index is 10.4. The van der Waals surface area contributed by atoms with Gasteiger partial charge < -0.3 is 4.74 Å². The fourth-order valence-electron chi connectivity index (χ4n) is 0.360. The first-order valence-corrected chi connectivity index (χ1v) is 3.11. The normalized spacial score (nSPS) is 9.11. The Labute approximate surface area is 55.2 Å². The van der Waals surface area contributed by atoms with Gasteiger partial charge in [-0.15, -0.1) is 0 Å². The second-order valence-electron chi connectivity index (χ2n) is 1.68. The fraction of sp³-hybridized carbons (Fsp3) is 0.833. The van der Waals surface area contributed by atoms with Gasteiger partial charge in [0, 0.05) is 13.0 Å². The molecule has 0 fully saturated rings. The minimum absolute atomic E-state index is 0.177.